The van der Waals surface area contributed by atoms with Gasteiger partial charge in [0.25, 0.3) is 11.6 Å². The first kappa shape index (κ1) is 26.2. The molecule has 0 saturated carbocycles. The summed E-state index contributed by atoms with van der Waals surface area (Å²) < 4.78 is 5.37. The summed E-state index contributed by atoms with van der Waals surface area (Å²) in [5.41, 5.74) is 1.86. The molecule has 0 spiro atoms. The lowest BCUT2D eigenvalue weighted by molar-refractivity contribution is -0.384. The molecule has 2 amide bonds. The number of nitro groups is 1. The maximum absolute atomic E-state index is 13.5. The van der Waals surface area contributed by atoms with E-state index in [1.807, 2.05) is 0 Å². The molecule has 0 bridgehead atoms. The van der Waals surface area contributed by atoms with E-state index in [1.54, 1.807) is 12.1 Å². The summed E-state index contributed by atoms with van der Waals surface area (Å²) in [4.78, 5) is 40.3. The molecule has 1 atom stereocenters. The molecule has 2 heterocycles. The van der Waals surface area contributed by atoms with Gasteiger partial charge in [-0.3, -0.25) is 24.6 Å². The van der Waals surface area contributed by atoms with Gasteiger partial charge in [-0.15, -0.1) is 11.3 Å². The lowest BCUT2D eigenvalue weighted by Gasteiger charge is -2.33. The van der Waals surface area contributed by atoms with Gasteiger partial charge >= 0.3 is 0 Å². The molecule has 1 aromatic heterocycles. The van der Waals surface area contributed by atoms with Crippen LogP contribution in [-0.4, -0.2) is 54.5 Å². The monoisotopic (exact) mass is 514 g/mol. The van der Waals surface area contributed by atoms with Crippen LogP contribution in [0.5, 0.6) is 0 Å². The van der Waals surface area contributed by atoms with Crippen LogP contribution in [-0.2, 0) is 22.4 Å². The van der Waals surface area contributed by atoms with Crippen LogP contribution in [0.15, 0.2) is 24.3 Å². The number of anilines is 2. The second-order valence-corrected chi connectivity index (χ2v) is 11.6. The standard InChI is InChI=1S/C26H34N4O5S/c1-26(2,3)17-7-8-20-21(15-17)36-25(28-22(31)9-10-29-11-13-35-14-12-29)23(20)24(32)27-18-5-4-6-19(16-18)30(33)34/h4-6,16-17H,7-15H2,1-3H3,(H,27,32)(H,28,31)/t17-/m1/s1. The van der Waals surface area contributed by atoms with E-state index in [0.29, 0.717) is 48.3 Å². The van der Waals surface area contributed by atoms with E-state index < -0.39 is 4.92 Å². The third-order valence-electron chi connectivity index (χ3n) is 7.04. The Morgan fingerprint density at radius 3 is 2.67 bits per heavy atom. The summed E-state index contributed by atoms with van der Waals surface area (Å²) >= 11 is 1.48. The van der Waals surface area contributed by atoms with Crippen LogP contribution in [0.25, 0.3) is 0 Å². The lowest BCUT2D eigenvalue weighted by Crippen LogP contribution is -2.38. The van der Waals surface area contributed by atoms with Gasteiger partial charge in [0.15, 0.2) is 0 Å². The van der Waals surface area contributed by atoms with Gasteiger partial charge in [-0.25, -0.2) is 0 Å². The zero-order valence-corrected chi connectivity index (χ0v) is 21.9. The van der Waals surface area contributed by atoms with Crippen molar-refractivity contribution in [3.8, 4) is 0 Å². The molecule has 0 unspecified atom stereocenters. The van der Waals surface area contributed by atoms with Crippen molar-refractivity contribution in [2.45, 2.75) is 46.5 Å². The van der Waals surface area contributed by atoms with Crippen molar-refractivity contribution in [3.05, 3.63) is 50.4 Å². The Kier molecular flexibility index (Phi) is 8.07. The van der Waals surface area contributed by atoms with Gasteiger partial charge in [0.2, 0.25) is 5.91 Å². The molecule has 2 aliphatic rings. The van der Waals surface area contributed by atoms with Crippen molar-refractivity contribution in [2.75, 3.05) is 43.5 Å². The topological polar surface area (TPSA) is 114 Å². The number of ether oxygens (including phenoxy) is 1. The molecule has 1 aliphatic carbocycles. The van der Waals surface area contributed by atoms with Gasteiger partial charge in [-0.1, -0.05) is 26.8 Å². The number of fused-ring (bicyclic) bond motifs is 1. The van der Waals surface area contributed by atoms with Crippen LogP contribution in [0.3, 0.4) is 0 Å². The third kappa shape index (κ3) is 6.29. The Labute approximate surface area is 215 Å². The van der Waals surface area contributed by atoms with Gasteiger partial charge < -0.3 is 15.4 Å². The van der Waals surface area contributed by atoms with Crippen molar-refractivity contribution >= 4 is 39.5 Å². The number of hydrogen-bond donors (Lipinski definition) is 2. The molecule has 194 valence electrons. The SMILES string of the molecule is CC(C)(C)[C@@H]1CCc2c(sc(NC(=O)CCN3CCOCC3)c2C(=O)Nc2cccc([N+](=O)[O-])c2)C1. The van der Waals surface area contributed by atoms with Crippen LogP contribution in [0.2, 0.25) is 0 Å². The molecule has 1 aliphatic heterocycles. The number of carbonyl (C=O) groups is 2. The number of thiophene rings is 1. The number of carbonyl (C=O) groups excluding carboxylic acids is 2. The smallest absolute Gasteiger partial charge is 0.271 e. The van der Waals surface area contributed by atoms with Crippen LogP contribution in [0.4, 0.5) is 16.4 Å². The highest BCUT2D eigenvalue weighted by Gasteiger charge is 2.34. The Morgan fingerprint density at radius 1 is 1.22 bits per heavy atom. The summed E-state index contributed by atoms with van der Waals surface area (Å²) in [7, 11) is 0. The number of rotatable bonds is 7. The fourth-order valence-electron chi connectivity index (χ4n) is 4.82. The second kappa shape index (κ2) is 11.1. The van der Waals surface area contributed by atoms with Gasteiger partial charge in [0, 0.05) is 48.8 Å². The Morgan fingerprint density at radius 2 is 1.97 bits per heavy atom. The van der Waals surface area contributed by atoms with Crippen LogP contribution in [0, 0.1) is 21.4 Å². The van der Waals surface area contributed by atoms with E-state index in [1.165, 1.54) is 23.5 Å². The number of amides is 2. The summed E-state index contributed by atoms with van der Waals surface area (Å²) in [5, 5.41) is 17.5. The molecule has 1 aromatic carbocycles. The molecule has 2 aromatic rings. The van der Waals surface area contributed by atoms with Gasteiger partial charge in [-0.2, -0.15) is 0 Å². The zero-order valence-electron chi connectivity index (χ0n) is 21.1. The molecule has 1 saturated heterocycles. The Balaban J connectivity index is 1.56. The summed E-state index contributed by atoms with van der Waals surface area (Å²) in [5.74, 6) is 0.00347. The fraction of sp³-hybridized carbons (Fsp3) is 0.538. The second-order valence-electron chi connectivity index (χ2n) is 10.5. The molecular weight excluding hydrogens is 480 g/mol. The minimum Gasteiger partial charge on any atom is -0.379 e. The molecule has 2 N–H and O–H groups in total. The lowest BCUT2D eigenvalue weighted by atomic mass is 9.72. The maximum atomic E-state index is 13.5. The first-order chi connectivity index (χ1) is 17.1. The van der Waals surface area contributed by atoms with E-state index in [9.17, 15) is 19.7 Å². The van der Waals surface area contributed by atoms with E-state index in [2.05, 4.69) is 36.3 Å². The molecule has 9 nitrogen and oxygen atoms in total. The van der Waals surface area contributed by atoms with E-state index in [0.717, 1.165) is 42.8 Å². The summed E-state index contributed by atoms with van der Waals surface area (Å²) in [6, 6.07) is 5.89. The first-order valence-corrected chi connectivity index (χ1v) is 13.2. The van der Waals surface area contributed by atoms with Gasteiger partial charge in [-0.05, 0) is 42.2 Å². The number of benzene rings is 1. The Hall–Kier alpha value is -2.82. The van der Waals surface area contributed by atoms with Crippen molar-refractivity contribution in [1.82, 2.24) is 4.90 Å². The van der Waals surface area contributed by atoms with Crippen LogP contribution in [0.1, 0.15) is 54.4 Å². The predicted molar refractivity (Wildman–Crippen MR) is 141 cm³/mol. The third-order valence-corrected chi connectivity index (χ3v) is 8.21. The first-order valence-electron chi connectivity index (χ1n) is 12.4. The molecular formula is C26H34N4O5S. The average molecular weight is 515 g/mol. The number of hydrogen-bond acceptors (Lipinski definition) is 7. The van der Waals surface area contributed by atoms with Crippen molar-refractivity contribution in [3.63, 3.8) is 0 Å². The normalized spacial score (nSPS) is 18.4. The largest absolute Gasteiger partial charge is 0.379 e. The molecule has 36 heavy (non-hydrogen) atoms. The highest BCUT2D eigenvalue weighted by molar-refractivity contribution is 7.17. The highest BCUT2D eigenvalue weighted by Crippen LogP contribution is 2.44. The van der Waals surface area contributed by atoms with Crippen molar-refractivity contribution < 1.29 is 19.2 Å². The van der Waals surface area contributed by atoms with E-state index in [-0.39, 0.29) is 22.9 Å². The number of morpholine rings is 1. The number of nitrogens with zero attached hydrogens (tertiary/aromatic N) is 2. The predicted octanol–water partition coefficient (Wildman–Crippen LogP) is 4.72. The number of non-ortho nitro benzene ring substituents is 1. The Bertz CT molecular complexity index is 1130. The molecule has 10 heteroatoms. The summed E-state index contributed by atoms with van der Waals surface area (Å²) in [6.45, 7) is 10.3. The highest BCUT2D eigenvalue weighted by atomic mass is 32.1. The number of nitrogens with one attached hydrogen (secondary N) is 2. The quantitative estimate of drug-likeness (QED) is 0.408. The molecule has 4 rings (SSSR count). The minimum absolute atomic E-state index is 0.0928. The maximum Gasteiger partial charge on any atom is 0.271 e. The van der Waals surface area contributed by atoms with Crippen molar-refractivity contribution in [2.24, 2.45) is 11.3 Å². The van der Waals surface area contributed by atoms with Gasteiger partial charge in [0.1, 0.15) is 5.00 Å². The number of nitro benzene ring substituents is 1. The fourth-order valence-corrected chi connectivity index (χ4v) is 6.16. The van der Waals surface area contributed by atoms with Gasteiger partial charge in [0.05, 0.1) is 23.7 Å². The molecule has 0 radical (unpaired) electrons. The molecule has 1 fully saturated rings. The minimum atomic E-state index is -0.491. The van der Waals surface area contributed by atoms with Crippen molar-refractivity contribution in [1.29, 1.82) is 0 Å². The summed E-state index contributed by atoms with van der Waals surface area (Å²) in [6.07, 6.45) is 2.92. The van der Waals surface area contributed by atoms with E-state index >= 15 is 0 Å². The van der Waals surface area contributed by atoms with E-state index in [4.69, 9.17) is 4.74 Å². The van der Waals surface area contributed by atoms with Crippen LogP contribution < -0.4 is 10.6 Å². The average Bonchev–Trinajstić information content (AvgIpc) is 3.20. The zero-order chi connectivity index (χ0) is 25.9. The van der Waals surface area contributed by atoms with Crippen LogP contribution >= 0.6 is 11.3 Å².